The standard InChI is InChI=1S/C21H21NO/c1-15-13-18(23-2)14-19(21(15)22)20(16-9-5-3-6-10-16)17-11-7-4-8-12-17/h3-14,20H,22H2,1-2H3. The van der Waals surface area contributed by atoms with Gasteiger partial charge < -0.3 is 10.5 Å². The van der Waals surface area contributed by atoms with Gasteiger partial charge in [-0.3, -0.25) is 0 Å². The van der Waals surface area contributed by atoms with Gasteiger partial charge in [-0.15, -0.1) is 0 Å². The van der Waals surface area contributed by atoms with Crippen LogP contribution in [-0.2, 0) is 0 Å². The summed E-state index contributed by atoms with van der Waals surface area (Å²) in [4.78, 5) is 0. The highest BCUT2D eigenvalue weighted by molar-refractivity contribution is 5.62. The third-order valence-electron chi connectivity index (χ3n) is 4.20. The number of nitrogen functional groups attached to an aromatic ring is 1. The maximum absolute atomic E-state index is 6.43. The highest BCUT2D eigenvalue weighted by atomic mass is 16.5. The fourth-order valence-corrected chi connectivity index (χ4v) is 2.99. The van der Waals surface area contributed by atoms with Crippen molar-refractivity contribution in [1.82, 2.24) is 0 Å². The number of ether oxygens (including phenoxy) is 1. The molecule has 0 amide bonds. The maximum atomic E-state index is 6.43. The molecule has 0 aromatic heterocycles. The summed E-state index contributed by atoms with van der Waals surface area (Å²) in [6, 6.07) is 24.9. The van der Waals surface area contributed by atoms with E-state index < -0.39 is 0 Å². The average molecular weight is 303 g/mol. The van der Waals surface area contributed by atoms with Crippen LogP contribution in [0, 0.1) is 6.92 Å². The Morgan fingerprint density at radius 3 is 1.83 bits per heavy atom. The van der Waals surface area contributed by atoms with Gasteiger partial charge >= 0.3 is 0 Å². The third kappa shape index (κ3) is 3.07. The van der Waals surface area contributed by atoms with Crippen molar-refractivity contribution in [2.24, 2.45) is 0 Å². The summed E-state index contributed by atoms with van der Waals surface area (Å²) in [6.07, 6.45) is 0. The second kappa shape index (κ2) is 6.57. The Balaban J connectivity index is 2.23. The normalized spacial score (nSPS) is 10.7. The Kier molecular flexibility index (Phi) is 4.33. The minimum absolute atomic E-state index is 0.0891. The highest BCUT2D eigenvalue weighted by Crippen LogP contribution is 2.38. The Bertz CT molecular complexity index is 742. The lowest BCUT2D eigenvalue weighted by Gasteiger charge is -2.22. The van der Waals surface area contributed by atoms with E-state index in [2.05, 4.69) is 48.5 Å². The molecule has 116 valence electrons. The highest BCUT2D eigenvalue weighted by Gasteiger charge is 2.20. The predicted octanol–water partition coefficient (Wildman–Crippen LogP) is 4.77. The minimum atomic E-state index is 0.0891. The molecule has 0 bridgehead atoms. The van der Waals surface area contributed by atoms with Gasteiger partial charge in [0, 0.05) is 11.6 Å². The van der Waals surface area contributed by atoms with E-state index in [1.54, 1.807) is 7.11 Å². The van der Waals surface area contributed by atoms with Gasteiger partial charge in [0.25, 0.3) is 0 Å². The van der Waals surface area contributed by atoms with Crippen LogP contribution >= 0.6 is 0 Å². The number of methoxy groups -OCH3 is 1. The fraction of sp³-hybridized carbons (Fsp3) is 0.143. The smallest absolute Gasteiger partial charge is 0.119 e. The molecular formula is C21H21NO. The van der Waals surface area contributed by atoms with Crippen LogP contribution in [0.25, 0.3) is 0 Å². The van der Waals surface area contributed by atoms with Crippen molar-refractivity contribution in [1.29, 1.82) is 0 Å². The van der Waals surface area contributed by atoms with Gasteiger partial charge in [0.1, 0.15) is 5.75 Å². The van der Waals surface area contributed by atoms with Crippen molar-refractivity contribution in [3.05, 3.63) is 95.1 Å². The molecule has 3 aromatic carbocycles. The summed E-state index contributed by atoms with van der Waals surface area (Å²) in [6.45, 7) is 2.02. The molecule has 3 aromatic rings. The van der Waals surface area contributed by atoms with E-state index in [4.69, 9.17) is 10.5 Å². The minimum Gasteiger partial charge on any atom is -0.497 e. The van der Waals surface area contributed by atoms with Crippen LogP contribution in [0.5, 0.6) is 5.75 Å². The van der Waals surface area contributed by atoms with Crippen molar-refractivity contribution >= 4 is 5.69 Å². The molecule has 2 heteroatoms. The summed E-state index contributed by atoms with van der Waals surface area (Å²) >= 11 is 0. The zero-order chi connectivity index (χ0) is 16.2. The summed E-state index contributed by atoms with van der Waals surface area (Å²) in [5, 5.41) is 0. The first kappa shape index (κ1) is 15.2. The van der Waals surface area contributed by atoms with Gasteiger partial charge in [0.15, 0.2) is 0 Å². The first-order valence-electron chi connectivity index (χ1n) is 7.74. The van der Waals surface area contributed by atoms with E-state index in [0.717, 1.165) is 22.6 Å². The molecule has 3 rings (SSSR count). The molecule has 0 aliphatic rings. The molecule has 0 radical (unpaired) electrons. The molecule has 23 heavy (non-hydrogen) atoms. The van der Waals surface area contributed by atoms with Crippen molar-refractivity contribution in [2.75, 3.05) is 12.8 Å². The van der Waals surface area contributed by atoms with Crippen LogP contribution in [0.15, 0.2) is 72.8 Å². The lowest BCUT2D eigenvalue weighted by atomic mass is 9.83. The van der Waals surface area contributed by atoms with E-state index in [1.807, 2.05) is 31.2 Å². The van der Waals surface area contributed by atoms with Gasteiger partial charge in [-0.1, -0.05) is 60.7 Å². The Morgan fingerprint density at radius 1 is 0.826 bits per heavy atom. The first-order valence-corrected chi connectivity index (χ1v) is 7.74. The van der Waals surface area contributed by atoms with E-state index in [-0.39, 0.29) is 5.92 Å². The Morgan fingerprint density at radius 2 is 1.35 bits per heavy atom. The topological polar surface area (TPSA) is 35.2 Å². The lowest BCUT2D eigenvalue weighted by molar-refractivity contribution is 0.414. The van der Waals surface area contributed by atoms with Crippen LogP contribution in [0.1, 0.15) is 28.2 Å². The van der Waals surface area contributed by atoms with Crippen molar-refractivity contribution in [3.63, 3.8) is 0 Å². The quantitative estimate of drug-likeness (QED) is 0.557. The largest absolute Gasteiger partial charge is 0.497 e. The molecule has 0 aliphatic heterocycles. The molecule has 0 unspecified atom stereocenters. The van der Waals surface area contributed by atoms with Gasteiger partial charge in [-0.05, 0) is 41.3 Å². The molecule has 0 fully saturated rings. The van der Waals surface area contributed by atoms with E-state index in [0.29, 0.717) is 0 Å². The predicted molar refractivity (Wildman–Crippen MR) is 96.0 cm³/mol. The molecule has 0 saturated carbocycles. The Hall–Kier alpha value is -2.74. The number of rotatable bonds is 4. The summed E-state index contributed by atoms with van der Waals surface area (Å²) in [5.74, 6) is 0.926. The van der Waals surface area contributed by atoms with Gasteiger partial charge in [-0.2, -0.15) is 0 Å². The fourth-order valence-electron chi connectivity index (χ4n) is 2.99. The zero-order valence-electron chi connectivity index (χ0n) is 13.5. The third-order valence-corrected chi connectivity index (χ3v) is 4.20. The van der Waals surface area contributed by atoms with Crippen molar-refractivity contribution in [2.45, 2.75) is 12.8 Å². The van der Waals surface area contributed by atoms with Crippen molar-refractivity contribution in [3.8, 4) is 5.75 Å². The van der Waals surface area contributed by atoms with E-state index in [9.17, 15) is 0 Å². The van der Waals surface area contributed by atoms with Crippen molar-refractivity contribution < 1.29 is 4.74 Å². The molecule has 2 nitrogen and oxygen atoms in total. The summed E-state index contributed by atoms with van der Waals surface area (Å²) in [5.41, 5.74) is 11.8. The summed E-state index contributed by atoms with van der Waals surface area (Å²) < 4.78 is 5.46. The van der Waals surface area contributed by atoms with Gasteiger partial charge in [-0.25, -0.2) is 0 Å². The second-order valence-electron chi connectivity index (χ2n) is 5.70. The SMILES string of the molecule is COc1cc(C)c(N)c(C(c2ccccc2)c2ccccc2)c1. The van der Waals surface area contributed by atoms with E-state index >= 15 is 0 Å². The van der Waals surface area contributed by atoms with Crippen LogP contribution in [0.3, 0.4) is 0 Å². The maximum Gasteiger partial charge on any atom is 0.119 e. The second-order valence-corrected chi connectivity index (χ2v) is 5.70. The molecule has 0 heterocycles. The number of hydrogen-bond acceptors (Lipinski definition) is 2. The van der Waals surface area contributed by atoms with E-state index in [1.165, 1.54) is 11.1 Å². The molecule has 2 N–H and O–H groups in total. The number of aryl methyl sites for hydroxylation is 1. The molecule has 0 spiro atoms. The first-order chi connectivity index (χ1) is 11.2. The van der Waals surface area contributed by atoms with Gasteiger partial charge in [0.2, 0.25) is 0 Å². The molecule has 0 saturated heterocycles. The van der Waals surface area contributed by atoms with Gasteiger partial charge in [0.05, 0.1) is 7.11 Å². The summed E-state index contributed by atoms with van der Waals surface area (Å²) in [7, 11) is 1.69. The average Bonchev–Trinajstić information content (AvgIpc) is 2.60. The number of benzene rings is 3. The molecule has 0 atom stereocenters. The Labute approximate surface area is 137 Å². The molecular weight excluding hydrogens is 282 g/mol. The monoisotopic (exact) mass is 303 g/mol. The number of hydrogen-bond donors (Lipinski definition) is 1. The number of nitrogens with two attached hydrogens (primary N) is 1. The van der Waals surface area contributed by atoms with Crippen LogP contribution < -0.4 is 10.5 Å². The van der Waals surface area contributed by atoms with Crippen LogP contribution in [0.4, 0.5) is 5.69 Å². The number of anilines is 1. The molecule has 0 aliphatic carbocycles. The van der Waals surface area contributed by atoms with Crippen LogP contribution in [-0.4, -0.2) is 7.11 Å². The lowest BCUT2D eigenvalue weighted by Crippen LogP contribution is -2.08. The zero-order valence-corrected chi connectivity index (χ0v) is 13.5. The van der Waals surface area contributed by atoms with Crippen LogP contribution in [0.2, 0.25) is 0 Å².